The Hall–Kier alpha value is -2.04. The first kappa shape index (κ1) is 22.2. The van der Waals surface area contributed by atoms with E-state index in [-0.39, 0.29) is 18.7 Å². The van der Waals surface area contributed by atoms with Gasteiger partial charge in [0.15, 0.2) is 0 Å². The maximum absolute atomic E-state index is 13.0. The lowest BCUT2D eigenvalue weighted by atomic mass is 9.93. The van der Waals surface area contributed by atoms with Gasteiger partial charge in [0.05, 0.1) is 24.3 Å². The summed E-state index contributed by atoms with van der Waals surface area (Å²) in [7, 11) is 0. The van der Waals surface area contributed by atoms with Crippen LogP contribution in [0, 0.1) is 0 Å². The van der Waals surface area contributed by atoms with Crippen molar-refractivity contribution in [2.75, 3.05) is 44.2 Å². The quantitative estimate of drug-likeness (QED) is 0.649. The predicted octanol–water partition coefficient (Wildman–Crippen LogP) is 1.81. The number of nitrogens with one attached hydrogen (secondary N) is 2. The van der Waals surface area contributed by atoms with Crippen LogP contribution in [0.2, 0.25) is 0 Å². The third kappa shape index (κ3) is 5.42. The van der Waals surface area contributed by atoms with Gasteiger partial charge in [-0.1, -0.05) is 6.07 Å². The topological polar surface area (TPSA) is 77.1 Å². The Morgan fingerprint density at radius 3 is 2.55 bits per heavy atom. The van der Waals surface area contributed by atoms with Crippen LogP contribution in [-0.2, 0) is 10.9 Å². The fourth-order valence-electron chi connectivity index (χ4n) is 4.24. The molecule has 0 bridgehead atoms. The number of halogens is 3. The third-order valence-electron chi connectivity index (χ3n) is 6.39. The van der Waals surface area contributed by atoms with Crippen LogP contribution in [0.4, 0.5) is 23.7 Å². The summed E-state index contributed by atoms with van der Waals surface area (Å²) in [6.07, 6.45) is -2.45. The highest BCUT2D eigenvalue weighted by Gasteiger charge is 2.38. The molecular formula is C21H29F3N4O3. The van der Waals surface area contributed by atoms with Gasteiger partial charge >= 0.3 is 12.2 Å². The van der Waals surface area contributed by atoms with Crippen molar-refractivity contribution in [2.24, 2.45) is 0 Å². The van der Waals surface area contributed by atoms with Crippen LogP contribution in [-0.4, -0.2) is 79.7 Å². The highest BCUT2D eigenvalue weighted by atomic mass is 19.4. The summed E-state index contributed by atoms with van der Waals surface area (Å²) in [5.74, 6) is 0. The number of aliphatic hydroxyl groups is 1. The van der Waals surface area contributed by atoms with E-state index in [0.29, 0.717) is 38.4 Å². The van der Waals surface area contributed by atoms with Crippen molar-refractivity contribution in [1.82, 2.24) is 15.5 Å². The smallest absolute Gasteiger partial charge is 0.388 e. The second kappa shape index (κ2) is 9.22. The molecular weight excluding hydrogens is 413 g/mol. The molecule has 3 N–H and O–H groups in total. The van der Waals surface area contributed by atoms with E-state index in [1.165, 1.54) is 12.1 Å². The van der Waals surface area contributed by atoms with Gasteiger partial charge in [-0.3, -0.25) is 4.90 Å². The predicted molar refractivity (Wildman–Crippen MR) is 109 cm³/mol. The Kier molecular flexibility index (Phi) is 6.59. The zero-order valence-electron chi connectivity index (χ0n) is 17.3. The van der Waals surface area contributed by atoms with Crippen molar-refractivity contribution >= 4 is 11.7 Å². The molecule has 2 saturated heterocycles. The molecule has 1 saturated carbocycles. The number of piperazine rings is 1. The molecule has 2 heterocycles. The molecule has 3 atom stereocenters. The fraction of sp³-hybridized carbons (Fsp3) is 0.667. The van der Waals surface area contributed by atoms with Gasteiger partial charge in [0.25, 0.3) is 0 Å². The lowest BCUT2D eigenvalue weighted by Gasteiger charge is -2.37. The number of anilines is 1. The number of carbonyl (C=O) groups is 1. The minimum Gasteiger partial charge on any atom is -0.388 e. The summed E-state index contributed by atoms with van der Waals surface area (Å²) in [6.45, 7) is 3.27. The number of benzene rings is 1. The molecule has 4 rings (SSSR count). The van der Waals surface area contributed by atoms with Gasteiger partial charge in [-0.25, -0.2) is 4.79 Å². The van der Waals surface area contributed by atoms with E-state index in [4.69, 9.17) is 4.74 Å². The summed E-state index contributed by atoms with van der Waals surface area (Å²) in [4.78, 5) is 16.1. The highest BCUT2D eigenvalue weighted by molar-refractivity contribution is 5.74. The van der Waals surface area contributed by atoms with E-state index < -0.39 is 30.0 Å². The number of aliphatic hydroxyl groups excluding tert-OH is 1. The van der Waals surface area contributed by atoms with Crippen molar-refractivity contribution in [3.63, 3.8) is 0 Å². The van der Waals surface area contributed by atoms with Gasteiger partial charge in [-0.05, 0) is 37.5 Å². The van der Waals surface area contributed by atoms with Crippen LogP contribution in [0.15, 0.2) is 24.3 Å². The highest BCUT2D eigenvalue weighted by Crippen LogP contribution is 2.32. The molecule has 172 valence electrons. The van der Waals surface area contributed by atoms with E-state index in [1.54, 1.807) is 6.07 Å². The van der Waals surface area contributed by atoms with Gasteiger partial charge in [-0.2, -0.15) is 13.2 Å². The standard InChI is InChI=1S/C21H29F3N4O3/c22-21(23,24)14-3-1-6-16(11-14)28-9-7-27(8-10-28)12-18-19(29)17(13-31-18)26-20(30)25-15-4-2-5-15/h1,3,6,11,15,17-19,29H,2,4-5,7-10,12-13H2,(H2,25,26,30)/t17-,18-,19+/m0/s1. The number of ether oxygens (including phenoxy) is 1. The van der Waals surface area contributed by atoms with Crippen LogP contribution >= 0.6 is 0 Å². The van der Waals surface area contributed by atoms with Crippen molar-refractivity contribution in [2.45, 2.75) is 49.7 Å². The Morgan fingerprint density at radius 2 is 1.90 bits per heavy atom. The second-order valence-corrected chi connectivity index (χ2v) is 8.55. The molecule has 2 aliphatic heterocycles. The largest absolute Gasteiger partial charge is 0.416 e. The van der Waals surface area contributed by atoms with Crippen molar-refractivity contribution < 1.29 is 27.8 Å². The lowest BCUT2D eigenvalue weighted by molar-refractivity contribution is -0.137. The number of amides is 2. The molecule has 1 aliphatic carbocycles. The number of hydrogen-bond donors (Lipinski definition) is 3. The van der Waals surface area contributed by atoms with E-state index >= 15 is 0 Å². The SMILES string of the molecule is O=C(NC1CCC1)N[C@H]1CO[C@@H](CN2CCN(c3cccc(C(F)(F)F)c3)CC2)[C@@H]1O. The Bertz CT molecular complexity index is 766. The monoisotopic (exact) mass is 442 g/mol. The van der Waals surface area contributed by atoms with Crippen LogP contribution < -0.4 is 15.5 Å². The van der Waals surface area contributed by atoms with Crippen molar-refractivity contribution in [3.8, 4) is 0 Å². The van der Waals surface area contributed by atoms with E-state index in [9.17, 15) is 23.1 Å². The first-order chi connectivity index (χ1) is 14.8. The van der Waals surface area contributed by atoms with Crippen molar-refractivity contribution in [3.05, 3.63) is 29.8 Å². The number of alkyl halides is 3. The van der Waals surface area contributed by atoms with E-state index in [2.05, 4.69) is 15.5 Å². The molecule has 7 nitrogen and oxygen atoms in total. The normalized spacial score (nSPS) is 27.7. The molecule has 0 spiro atoms. The average molecular weight is 442 g/mol. The zero-order chi connectivity index (χ0) is 22.0. The summed E-state index contributed by atoms with van der Waals surface area (Å²) in [6, 6.07) is 4.90. The summed E-state index contributed by atoms with van der Waals surface area (Å²) in [5.41, 5.74) is -0.0804. The lowest BCUT2D eigenvalue weighted by Crippen LogP contribution is -2.53. The number of carbonyl (C=O) groups excluding carboxylic acids is 1. The molecule has 31 heavy (non-hydrogen) atoms. The van der Waals surface area contributed by atoms with Gasteiger partial charge in [-0.15, -0.1) is 0 Å². The van der Waals surface area contributed by atoms with Gasteiger partial charge in [0.1, 0.15) is 6.10 Å². The number of nitrogens with zero attached hydrogens (tertiary/aromatic N) is 2. The Labute approximate surface area is 179 Å². The zero-order valence-corrected chi connectivity index (χ0v) is 17.3. The number of rotatable bonds is 5. The van der Waals surface area contributed by atoms with Gasteiger partial charge in [0.2, 0.25) is 0 Å². The Balaban J connectivity index is 1.23. The molecule has 1 aromatic carbocycles. The summed E-state index contributed by atoms with van der Waals surface area (Å²) < 4.78 is 44.6. The third-order valence-corrected chi connectivity index (χ3v) is 6.39. The first-order valence-corrected chi connectivity index (χ1v) is 10.8. The second-order valence-electron chi connectivity index (χ2n) is 8.55. The molecule has 0 radical (unpaired) electrons. The van der Waals surface area contributed by atoms with Crippen LogP contribution in [0.25, 0.3) is 0 Å². The van der Waals surface area contributed by atoms with E-state index in [0.717, 1.165) is 25.3 Å². The van der Waals surface area contributed by atoms with Gasteiger partial charge < -0.3 is 25.4 Å². The van der Waals surface area contributed by atoms with Crippen molar-refractivity contribution in [1.29, 1.82) is 0 Å². The summed E-state index contributed by atoms with van der Waals surface area (Å²) >= 11 is 0. The van der Waals surface area contributed by atoms with E-state index in [1.807, 2.05) is 4.90 Å². The minimum absolute atomic E-state index is 0.225. The Morgan fingerprint density at radius 1 is 1.16 bits per heavy atom. The fourth-order valence-corrected chi connectivity index (χ4v) is 4.24. The molecule has 2 amide bonds. The van der Waals surface area contributed by atoms with Crippen LogP contribution in [0.1, 0.15) is 24.8 Å². The molecule has 0 unspecified atom stereocenters. The van der Waals surface area contributed by atoms with Crippen LogP contribution in [0.5, 0.6) is 0 Å². The maximum atomic E-state index is 13.0. The molecule has 3 fully saturated rings. The number of urea groups is 1. The molecule has 3 aliphatic rings. The van der Waals surface area contributed by atoms with Crippen LogP contribution in [0.3, 0.4) is 0 Å². The number of hydrogen-bond acceptors (Lipinski definition) is 5. The molecule has 10 heteroatoms. The molecule has 1 aromatic rings. The minimum atomic E-state index is -4.35. The molecule has 0 aromatic heterocycles. The average Bonchev–Trinajstić information content (AvgIpc) is 3.04. The first-order valence-electron chi connectivity index (χ1n) is 10.8. The summed E-state index contributed by atoms with van der Waals surface area (Å²) in [5, 5.41) is 16.2. The van der Waals surface area contributed by atoms with Gasteiger partial charge in [0, 0.05) is 44.5 Å². The maximum Gasteiger partial charge on any atom is 0.416 e.